The molecule has 2 N–H and O–H groups in total. The average molecular weight is 374 g/mol. The lowest BCUT2D eigenvalue weighted by molar-refractivity contribution is -0.115. The number of ether oxygens (including phenoxy) is 1. The van der Waals surface area contributed by atoms with Gasteiger partial charge in [0.05, 0.1) is 0 Å². The summed E-state index contributed by atoms with van der Waals surface area (Å²) in [6.45, 7) is 2.10. The highest BCUT2D eigenvalue weighted by Crippen LogP contribution is 2.18. The third kappa shape index (κ3) is 5.20. The molecule has 5 heteroatoms. The van der Waals surface area contributed by atoms with Crippen molar-refractivity contribution in [3.8, 4) is 5.75 Å². The summed E-state index contributed by atoms with van der Waals surface area (Å²) < 4.78 is 5.78. The minimum atomic E-state index is -0.211. The quantitative estimate of drug-likeness (QED) is 0.620. The molecular weight excluding hydrogens is 352 g/mol. The summed E-state index contributed by atoms with van der Waals surface area (Å²) in [6, 6.07) is 23.9. The molecule has 3 aromatic rings. The number of nitrogens with one attached hydrogen (secondary N) is 2. The van der Waals surface area contributed by atoms with Crippen molar-refractivity contribution in [2.75, 3.05) is 10.6 Å². The molecule has 0 bridgehead atoms. The first-order valence-electron chi connectivity index (χ1n) is 9.12. The van der Waals surface area contributed by atoms with E-state index in [9.17, 15) is 9.59 Å². The molecule has 0 radical (unpaired) electrons. The topological polar surface area (TPSA) is 67.4 Å². The molecule has 0 aliphatic heterocycles. The van der Waals surface area contributed by atoms with Crippen LogP contribution in [0.4, 0.5) is 11.4 Å². The molecule has 3 aromatic carbocycles. The van der Waals surface area contributed by atoms with Crippen molar-refractivity contribution in [1.82, 2.24) is 0 Å². The van der Waals surface area contributed by atoms with Gasteiger partial charge in [-0.15, -0.1) is 0 Å². The van der Waals surface area contributed by atoms with Gasteiger partial charge < -0.3 is 15.4 Å². The monoisotopic (exact) mass is 374 g/mol. The maximum absolute atomic E-state index is 12.7. The van der Waals surface area contributed by atoms with Crippen molar-refractivity contribution >= 4 is 23.2 Å². The van der Waals surface area contributed by atoms with E-state index in [0.29, 0.717) is 30.0 Å². The van der Waals surface area contributed by atoms with Crippen molar-refractivity contribution in [2.24, 2.45) is 0 Å². The van der Waals surface area contributed by atoms with Crippen molar-refractivity contribution in [2.45, 2.75) is 20.0 Å². The number of para-hydroxylation sites is 1. The fourth-order valence-electron chi connectivity index (χ4n) is 2.63. The number of hydrogen-bond acceptors (Lipinski definition) is 3. The van der Waals surface area contributed by atoms with Gasteiger partial charge in [0.2, 0.25) is 5.91 Å². The molecule has 0 unspecified atom stereocenters. The van der Waals surface area contributed by atoms with Crippen LogP contribution in [0, 0.1) is 0 Å². The van der Waals surface area contributed by atoms with E-state index in [2.05, 4.69) is 10.6 Å². The van der Waals surface area contributed by atoms with E-state index < -0.39 is 0 Å². The third-order valence-corrected chi connectivity index (χ3v) is 4.15. The van der Waals surface area contributed by atoms with Gasteiger partial charge in [-0.25, -0.2) is 0 Å². The van der Waals surface area contributed by atoms with Crippen LogP contribution < -0.4 is 15.4 Å². The molecule has 0 fully saturated rings. The Morgan fingerprint density at radius 2 is 1.39 bits per heavy atom. The van der Waals surface area contributed by atoms with E-state index >= 15 is 0 Å². The summed E-state index contributed by atoms with van der Waals surface area (Å²) in [5.41, 5.74) is 2.71. The average Bonchev–Trinajstić information content (AvgIpc) is 2.74. The van der Waals surface area contributed by atoms with Gasteiger partial charge in [0.25, 0.3) is 5.91 Å². The molecule has 0 aliphatic carbocycles. The number of amides is 2. The smallest absolute Gasteiger partial charge is 0.256 e. The van der Waals surface area contributed by atoms with Crippen molar-refractivity contribution < 1.29 is 14.3 Å². The van der Waals surface area contributed by atoms with Gasteiger partial charge in [0.15, 0.2) is 0 Å². The highest BCUT2D eigenvalue weighted by atomic mass is 16.5. The van der Waals surface area contributed by atoms with Gasteiger partial charge in [0.1, 0.15) is 12.4 Å². The molecular formula is C23H22N2O3. The Morgan fingerprint density at radius 3 is 2.07 bits per heavy atom. The van der Waals surface area contributed by atoms with Crippen LogP contribution in [0.15, 0.2) is 78.9 Å². The van der Waals surface area contributed by atoms with Crippen molar-refractivity contribution in [3.05, 3.63) is 90.0 Å². The Morgan fingerprint density at radius 1 is 0.786 bits per heavy atom. The van der Waals surface area contributed by atoms with Crippen molar-refractivity contribution in [3.63, 3.8) is 0 Å². The zero-order valence-electron chi connectivity index (χ0n) is 15.6. The normalized spacial score (nSPS) is 10.2. The third-order valence-electron chi connectivity index (χ3n) is 4.15. The lowest BCUT2D eigenvalue weighted by atomic mass is 10.1. The second-order valence-electron chi connectivity index (χ2n) is 6.19. The first-order chi connectivity index (χ1) is 13.7. The van der Waals surface area contributed by atoms with E-state index in [1.54, 1.807) is 37.3 Å². The van der Waals surface area contributed by atoms with E-state index in [-0.39, 0.29) is 11.8 Å². The van der Waals surface area contributed by atoms with Crippen LogP contribution in [0.25, 0.3) is 0 Å². The minimum Gasteiger partial charge on any atom is -0.489 e. The lowest BCUT2D eigenvalue weighted by Gasteiger charge is -2.12. The second kappa shape index (κ2) is 9.37. The number of carbonyl (C=O) groups excluding carboxylic acids is 2. The van der Waals surface area contributed by atoms with E-state index in [1.807, 2.05) is 48.5 Å². The predicted molar refractivity (Wildman–Crippen MR) is 111 cm³/mol. The number of benzene rings is 3. The molecule has 0 aliphatic rings. The highest BCUT2D eigenvalue weighted by molar-refractivity contribution is 6.05. The molecule has 0 spiro atoms. The Hall–Kier alpha value is -3.60. The molecule has 28 heavy (non-hydrogen) atoms. The molecule has 3 rings (SSSR count). The van der Waals surface area contributed by atoms with Gasteiger partial charge in [-0.2, -0.15) is 0 Å². The lowest BCUT2D eigenvalue weighted by Crippen LogP contribution is -2.15. The number of carbonyl (C=O) groups is 2. The number of anilines is 2. The molecule has 5 nitrogen and oxygen atoms in total. The first kappa shape index (κ1) is 19.2. The Kier molecular flexibility index (Phi) is 6.41. The summed E-state index contributed by atoms with van der Waals surface area (Å²) in [4.78, 5) is 24.2. The van der Waals surface area contributed by atoms with E-state index in [0.717, 1.165) is 11.3 Å². The van der Waals surface area contributed by atoms with Gasteiger partial charge in [0, 0.05) is 28.9 Å². The molecule has 0 saturated heterocycles. The van der Waals surface area contributed by atoms with Crippen LogP contribution in [0.5, 0.6) is 5.75 Å². The summed E-state index contributed by atoms with van der Waals surface area (Å²) >= 11 is 0. The largest absolute Gasteiger partial charge is 0.489 e. The zero-order chi connectivity index (χ0) is 19.8. The Balaban J connectivity index is 1.66. The van der Waals surface area contributed by atoms with Gasteiger partial charge >= 0.3 is 0 Å². The highest BCUT2D eigenvalue weighted by Gasteiger charge is 2.12. The molecule has 2 amide bonds. The molecule has 0 aromatic heterocycles. The summed E-state index contributed by atoms with van der Waals surface area (Å²) in [6.07, 6.45) is 0.417. The maximum Gasteiger partial charge on any atom is 0.256 e. The maximum atomic E-state index is 12.7. The van der Waals surface area contributed by atoms with E-state index in [4.69, 9.17) is 4.74 Å². The minimum absolute atomic E-state index is 0.0517. The second-order valence-corrected chi connectivity index (χ2v) is 6.19. The standard InChI is InChI=1S/C23H22N2O3/c1-2-22(26)24-18-12-14-19(15-13-18)25-23(27)21-11-7-6-8-17(21)16-28-20-9-4-3-5-10-20/h3-15H,2,16H2,1H3,(H,24,26)(H,25,27). The van der Waals surface area contributed by atoms with Crippen LogP contribution in [0.2, 0.25) is 0 Å². The fourth-order valence-corrected chi connectivity index (χ4v) is 2.63. The summed E-state index contributed by atoms with van der Waals surface area (Å²) in [5, 5.41) is 5.66. The molecule has 0 saturated carbocycles. The van der Waals surface area contributed by atoms with Gasteiger partial charge in [-0.05, 0) is 42.5 Å². The molecule has 142 valence electrons. The van der Waals surface area contributed by atoms with Crippen LogP contribution in [0.3, 0.4) is 0 Å². The van der Waals surface area contributed by atoms with Crippen LogP contribution in [-0.4, -0.2) is 11.8 Å². The molecule has 0 heterocycles. The summed E-state index contributed by atoms with van der Waals surface area (Å²) in [7, 11) is 0. The Labute approximate surface area is 164 Å². The number of hydrogen-bond donors (Lipinski definition) is 2. The van der Waals surface area contributed by atoms with Gasteiger partial charge in [-0.3, -0.25) is 9.59 Å². The predicted octanol–water partition coefficient (Wildman–Crippen LogP) is 4.87. The number of rotatable bonds is 7. The first-order valence-corrected chi connectivity index (χ1v) is 9.12. The SMILES string of the molecule is CCC(=O)Nc1ccc(NC(=O)c2ccccc2COc2ccccc2)cc1. The fraction of sp³-hybridized carbons (Fsp3) is 0.130. The molecule has 0 atom stereocenters. The van der Waals surface area contributed by atoms with Gasteiger partial charge in [-0.1, -0.05) is 43.3 Å². The zero-order valence-corrected chi connectivity index (χ0v) is 15.6. The van der Waals surface area contributed by atoms with Crippen LogP contribution in [0.1, 0.15) is 29.3 Å². The van der Waals surface area contributed by atoms with E-state index in [1.165, 1.54) is 0 Å². The summed E-state index contributed by atoms with van der Waals surface area (Å²) in [5.74, 6) is 0.490. The van der Waals surface area contributed by atoms with Crippen LogP contribution >= 0.6 is 0 Å². The van der Waals surface area contributed by atoms with Crippen LogP contribution in [-0.2, 0) is 11.4 Å². The Bertz CT molecular complexity index is 938. The van der Waals surface area contributed by atoms with Crippen molar-refractivity contribution in [1.29, 1.82) is 0 Å².